The summed E-state index contributed by atoms with van der Waals surface area (Å²) in [4.78, 5) is 29.8. The number of hydrogen-bond donors (Lipinski definition) is 1. The van der Waals surface area contributed by atoms with Gasteiger partial charge in [0.15, 0.2) is 0 Å². The van der Waals surface area contributed by atoms with Crippen LogP contribution in [0.1, 0.15) is 25.0 Å². The Labute approximate surface area is 165 Å². The lowest BCUT2D eigenvalue weighted by atomic mass is 9.89. The topological polar surface area (TPSA) is 91.0 Å². The molecule has 0 radical (unpaired) electrons. The first-order valence-corrected chi connectivity index (χ1v) is 9.31. The Morgan fingerprint density at radius 2 is 2.03 bits per heavy atom. The molecule has 2 aromatic rings. The van der Waals surface area contributed by atoms with Crippen molar-refractivity contribution >= 4 is 17.3 Å². The molecular weight excluding hydrogens is 380 g/mol. The second kappa shape index (κ2) is 6.95. The fraction of sp³-hybridized carbons (Fsp3) is 0.400. The lowest BCUT2D eigenvalue weighted by Gasteiger charge is -2.40. The zero-order valence-corrected chi connectivity index (χ0v) is 15.6. The number of nitrogens with one attached hydrogen (secondary N) is 1. The smallest absolute Gasteiger partial charge is 0.270 e. The predicted molar refractivity (Wildman–Crippen MR) is 102 cm³/mol. The highest BCUT2D eigenvalue weighted by Crippen LogP contribution is 2.61. The highest BCUT2D eigenvalue weighted by Gasteiger charge is 2.63. The molecule has 1 aliphatic heterocycles. The number of piperidine rings is 1. The predicted octanol–water partition coefficient (Wildman–Crippen LogP) is 2.38. The van der Waals surface area contributed by atoms with Gasteiger partial charge in [-0.2, -0.15) is 5.26 Å². The van der Waals surface area contributed by atoms with Crippen molar-refractivity contribution in [3.8, 4) is 6.07 Å². The van der Waals surface area contributed by atoms with Crippen LogP contribution in [0.2, 0.25) is 0 Å². The first-order valence-electron chi connectivity index (χ1n) is 9.31. The second-order valence-electron chi connectivity index (χ2n) is 7.60. The van der Waals surface area contributed by atoms with Crippen LogP contribution in [-0.4, -0.2) is 34.5 Å². The monoisotopic (exact) mass is 399 g/mol. The zero-order valence-electron chi connectivity index (χ0n) is 15.6. The average molecular weight is 399 g/mol. The van der Waals surface area contributed by atoms with Crippen molar-refractivity contribution in [1.82, 2.24) is 9.55 Å². The van der Waals surface area contributed by atoms with Crippen molar-refractivity contribution < 1.29 is 13.6 Å². The van der Waals surface area contributed by atoms with E-state index in [2.05, 4.69) is 10.3 Å². The van der Waals surface area contributed by atoms with Gasteiger partial charge in [-0.05, 0) is 37.5 Å². The SMILES string of the molecule is N#Cc1ccc(NC(=O)Cn2cc(N3CCC4(CC4)C(F)(F)C3)ccc2=O)cn1. The number of hydrogen-bond acceptors (Lipinski definition) is 5. The van der Waals surface area contributed by atoms with Crippen molar-refractivity contribution in [2.24, 2.45) is 5.41 Å². The summed E-state index contributed by atoms with van der Waals surface area (Å²) < 4.78 is 30.1. The van der Waals surface area contributed by atoms with Crippen molar-refractivity contribution in [1.29, 1.82) is 5.26 Å². The van der Waals surface area contributed by atoms with Crippen LogP contribution in [0.3, 0.4) is 0 Å². The molecule has 1 aliphatic carbocycles. The summed E-state index contributed by atoms with van der Waals surface area (Å²) in [6, 6.07) is 7.68. The number of aromatic nitrogens is 2. The Hall–Kier alpha value is -3.28. The fourth-order valence-electron chi connectivity index (χ4n) is 3.72. The van der Waals surface area contributed by atoms with E-state index in [1.807, 2.05) is 6.07 Å². The number of carbonyl (C=O) groups is 1. The molecule has 1 saturated carbocycles. The first kappa shape index (κ1) is 19.1. The number of pyridine rings is 2. The van der Waals surface area contributed by atoms with Gasteiger partial charge in [-0.25, -0.2) is 13.8 Å². The molecule has 4 rings (SSSR count). The average Bonchev–Trinajstić information content (AvgIpc) is 3.48. The third-order valence-electron chi connectivity index (χ3n) is 5.69. The number of amides is 1. The number of alkyl halides is 2. The molecule has 1 N–H and O–H groups in total. The van der Waals surface area contributed by atoms with Gasteiger partial charge in [0.25, 0.3) is 11.5 Å². The van der Waals surface area contributed by atoms with E-state index in [0.29, 0.717) is 37.2 Å². The molecule has 0 unspecified atom stereocenters. The van der Waals surface area contributed by atoms with Crippen LogP contribution < -0.4 is 15.8 Å². The van der Waals surface area contributed by atoms with Gasteiger partial charge in [-0.15, -0.1) is 0 Å². The van der Waals surface area contributed by atoms with Gasteiger partial charge in [0.2, 0.25) is 5.91 Å². The maximum absolute atomic E-state index is 14.5. The van der Waals surface area contributed by atoms with E-state index >= 15 is 0 Å². The molecule has 7 nitrogen and oxygen atoms in total. The summed E-state index contributed by atoms with van der Waals surface area (Å²) in [5.41, 5.74) is -0.133. The molecule has 1 saturated heterocycles. The summed E-state index contributed by atoms with van der Waals surface area (Å²) in [6.45, 7) is -0.147. The van der Waals surface area contributed by atoms with E-state index < -0.39 is 22.8 Å². The molecule has 0 bridgehead atoms. The van der Waals surface area contributed by atoms with Crippen molar-refractivity contribution in [2.45, 2.75) is 31.7 Å². The Kier molecular flexibility index (Phi) is 4.57. The van der Waals surface area contributed by atoms with E-state index in [0.717, 1.165) is 0 Å². The van der Waals surface area contributed by atoms with Crippen LogP contribution in [0.4, 0.5) is 20.2 Å². The number of halogens is 2. The van der Waals surface area contributed by atoms with E-state index in [9.17, 15) is 18.4 Å². The van der Waals surface area contributed by atoms with E-state index in [-0.39, 0.29) is 18.8 Å². The molecule has 2 fully saturated rings. The van der Waals surface area contributed by atoms with Crippen LogP contribution in [0.15, 0.2) is 41.5 Å². The van der Waals surface area contributed by atoms with Gasteiger partial charge < -0.3 is 14.8 Å². The van der Waals surface area contributed by atoms with Crippen molar-refractivity contribution in [2.75, 3.05) is 23.3 Å². The first-order chi connectivity index (χ1) is 13.8. The van der Waals surface area contributed by atoms with Gasteiger partial charge in [-0.1, -0.05) is 0 Å². The summed E-state index contributed by atoms with van der Waals surface area (Å²) >= 11 is 0. The maximum Gasteiger partial charge on any atom is 0.270 e. The standard InChI is InChI=1S/C20H19F2N5O2/c21-20(22)13-26(8-7-19(20)5-6-19)16-3-4-18(29)27(11-16)12-17(28)25-15-2-1-14(9-23)24-10-15/h1-4,10-11H,5-8,12-13H2,(H,25,28). The van der Waals surface area contributed by atoms with Crippen LogP contribution in [0.25, 0.3) is 0 Å². The van der Waals surface area contributed by atoms with Gasteiger partial charge in [0, 0.05) is 24.2 Å². The summed E-state index contributed by atoms with van der Waals surface area (Å²) in [7, 11) is 0. The number of carbonyl (C=O) groups excluding carboxylic acids is 1. The molecule has 1 amide bonds. The Morgan fingerprint density at radius 1 is 1.24 bits per heavy atom. The quantitative estimate of drug-likeness (QED) is 0.852. The molecule has 0 aromatic carbocycles. The van der Waals surface area contributed by atoms with Crippen LogP contribution in [-0.2, 0) is 11.3 Å². The van der Waals surface area contributed by atoms with Crippen molar-refractivity contribution in [3.05, 3.63) is 52.7 Å². The minimum absolute atomic E-state index is 0.221. The summed E-state index contributed by atoms with van der Waals surface area (Å²) in [5.74, 6) is -3.22. The summed E-state index contributed by atoms with van der Waals surface area (Å²) in [5, 5.41) is 11.3. The third kappa shape index (κ3) is 3.70. The summed E-state index contributed by atoms with van der Waals surface area (Å²) in [6.07, 6.45) is 4.35. The normalized spacial score (nSPS) is 18.9. The Balaban J connectivity index is 1.46. The van der Waals surface area contributed by atoms with Gasteiger partial charge >= 0.3 is 0 Å². The minimum atomic E-state index is -2.76. The minimum Gasteiger partial charge on any atom is -0.364 e. The maximum atomic E-state index is 14.5. The molecule has 29 heavy (non-hydrogen) atoms. The van der Waals surface area contributed by atoms with Crippen LogP contribution in [0, 0.1) is 16.7 Å². The lowest BCUT2D eigenvalue weighted by molar-refractivity contribution is -0.116. The molecule has 2 aliphatic rings. The largest absolute Gasteiger partial charge is 0.364 e. The molecule has 2 aromatic heterocycles. The Morgan fingerprint density at radius 3 is 2.66 bits per heavy atom. The zero-order chi connectivity index (χ0) is 20.6. The number of nitriles is 1. The Bertz CT molecular complexity index is 1040. The molecular formula is C20H19F2N5O2. The van der Waals surface area contributed by atoms with Crippen LogP contribution in [0.5, 0.6) is 0 Å². The van der Waals surface area contributed by atoms with Gasteiger partial charge in [0.05, 0.1) is 24.1 Å². The molecule has 150 valence electrons. The highest BCUT2D eigenvalue weighted by molar-refractivity contribution is 5.90. The van der Waals surface area contributed by atoms with E-state index in [4.69, 9.17) is 5.26 Å². The lowest BCUT2D eigenvalue weighted by Crippen LogP contribution is -2.50. The molecule has 9 heteroatoms. The van der Waals surface area contributed by atoms with E-state index in [1.54, 1.807) is 4.90 Å². The molecule has 1 spiro atoms. The third-order valence-corrected chi connectivity index (χ3v) is 5.69. The van der Waals surface area contributed by atoms with Crippen LogP contribution >= 0.6 is 0 Å². The van der Waals surface area contributed by atoms with Crippen molar-refractivity contribution in [3.63, 3.8) is 0 Å². The van der Waals surface area contributed by atoms with Gasteiger partial charge in [0.1, 0.15) is 18.3 Å². The second-order valence-corrected chi connectivity index (χ2v) is 7.60. The number of nitrogens with zero attached hydrogens (tertiary/aromatic N) is 4. The van der Waals surface area contributed by atoms with E-state index in [1.165, 1.54) is 41.2 Å². The fourth-order valence-corrected chi connectivity index (χ4v) is 3.72. The van der Waals surface area contributed by atoms with Gasteiger partial charge in [-0.3, -0.25) is 9.59 Å². The molecule has 3 heterocycles. The molecule has 0 atom stereocenters. The number of anilines is 2. The highest BCUT2D eigenvalue weighted by atomic mass is 19.3. The number of rotatable bonds is 4.